The molecule has 0 spiro atoms. The molecule has 0 saturated carbocycles. The number of rotatable bonds is 6. The lowest BCUT2D eigenvalue weighted by atomic mass is 10.1. The number of hydrogen-bond acceptors (Lipinski definition) is 3. The first kappa shape index (κ1) is 16.4. The molecule has 0 saturated heterocycles. The van der Waals surface area contributed by atoms with Crippen molar-refractivity contribution in [2.75, 3.05) is 12.4 Å². The van der Waals surface area contributed by atoms with Crippen LogP contribution in [0.5, 0.6) is 5.75 Å². The lowest BCUT2D eigenvalue weighted by molar-refractivity contribution is -0.737. The van der Waals surface area contributed by atoms with Gasteiger partial charge in [0.1, 0.15) is 5.75 Å². The smallest absolute Gasteiger partial charge is 0.311 e. The predicted molar refractivity (Wildman–Crippen MR) is 87.4 cm³/mol. The minimum absolute atomic E-state index is 0.0641. The van der Waals surface area contributed by atoms with Crippen molar-refractivity contribution in [1.29, 1.82) is 0 Å². The number of nitrogens with two attached hydrogens (primary N) is 1. The highest BCUT2D eigenvalue weighted by Gasteiger charge is 2.06. The van der Waals surface area contributed by atoms with Crippen molar-refractivity contribution in [1.82, 2.24) is 0 Å². The quantitative estimate of drug-likeness (QED) is 0.269. The topological polar surface area (TPSA) is 98.5 Å². The summed E-state index contributed by atoms with van der Waals surface area (Å²) in [6.07, 6.45) is 1.05. The van der Waals surface area contributed by atoms with Crippen LogP contribution in [0.25, 0.3) is 0 Å². The zero-order valence-corrected chi connectivity index (χ0v) is 12.9. The van der Waals surface area contributed by atoms with E-state index in [4.69, 9.17) is 15.7 Å². The SMILES string of the molecule is COc1ccc(CCC(=O)Nc2ccc(C(N)=[NH+]O)cc2)cc1. The number of benzene rings is 2. The van der Waals surface area contributed by atoms with Crippen LogP contribution in [0.15, 0.2) is 48.5 Å². The number of anilines is 1. The van der Waals surface area contributed by atoms with Gasteiger partial charge in [-0.2, -0.15) is 0 Å². The molecule has 23 heavy (non-hydrogen) atoms. The summed E-state index contributed by atoms with van der Waals surface area (Å²) in [6.45, 7) is 0. The minimum Gasteiger partial charge on any atom is -0.497 e. The molecule has 0 aromatic heterocycles. The number of carbonyl (C=O) groups is 1. The Morgan fingerprint density at radius 2 is 1.83 bits per heavy atom. The second-order valence-electron chi connectivity index (χ2n) is 5.00. The van der Waals surface area contributed by atoms with E-state index < -0.39 is 0 Å². The predicted octanol–water partition coefficient (Wildman–Crippen LogP) is 0.442. The molecule has 0 fully saturated rings. The first-order chi connectivity index (χ1) is 11.1. The third kappa shape index (κ3) is 4.74. The van der Waals surface area contributed by atoms with Gasteiger partial charge in [0.2, 0.25) is 5.91 Å². The normalized spacial score (nSPS) is 11.1. The lowest BCUT2D eigenvalue weighted by Crippen LogP contribution is -2.71. The van der Waals surface area contributed by atoms with Gasteiger partial charge in [0, 0.05) is 12.1 Å². The second-order valence-corrected chi connectivity index (χ2v) is 5.00. The van der Waals surface area contributed by atoms with E-state index in [1.54, 1.807) is 31.4 Å². The van der Waals surface area contributed by atoms with E-state index in [0.717, 1.165) is 11.3 Å². The van der Waals surface area contributed by atoms with E-state index in [0.29, 0.717) is 24.1 Å². The molecule has 0 radical (unpaired) electrons. The van der Waals surface area contributed by atoms with E-state index in [1.165, 1.54) is 0 Å². The van der Waals surface area contributed by atoms with Crippen molar-refractivity contribution >= 4 is 17.4 Å². The standard InChI is InChI=1S/C17H19N3O3/c1-23-15-9-2-12(3-10-15)4-11-16(21)19-14-7-5-13(6-8-14)17(18)20-22/h2-3,5-10,22H,4,11H2,1H3,(H2,18,20)(H,19,21)/p+1. The van der Waals surface area contributed by atoms with Crippen LogP contribution in [-0.2, 0) is 11.2 Å². The van der Waals surface area contributed by atoms with Gasteiger partial charge >= 0.3 is 5.84 Å². The monoisotopic (exact) mass is 314 g/mol. The summed E-state index contributed by atoms with van der Waals surface area (Å²) in [4.78, 5) is 12.0. The highest BCUT2D eigenvalue weighted by molar-refractivity contribution is 5.94. The van der Waals surface area contributed by atoms with Crippen molar-refractivity contribution in [3.8, 4) is 5.75 Å². The van der Waals surface area contributed by atoms with Crippen LogP contribution >= 0.6 is 0 Å². The molecule has 0 aliphatic carbocycles. The van der Waals surface area contributed by atoms with Crippen LogP contribution < -0.4 is 20.9 Å². The number of hydrogen-bond donors (Lipinski definition) is 4. The lowest BCUT2D eigenvalue weighted by Gasteiger charge is -2.06. The molecular weight excluding hydrogens is 294 g/mol. The summed E-state index contributed by atoms with van der Waals surface area (Å²) in [6, 6.07) is 14.5. The van der Waals surface area contributed by atoms with Gasteiger partial charge in [-0.1, -0.05) is 17.3 Å². The van der Waals surface area contributed by atoms with Crippen LogP contribution in [0.2, 0.25) is 0 Å². The van der Waals surface area contributed by atoms with Crippen LogP contribution in [0.1, 0.15) is 17.5 Å². The Morgan fingerprint density at radius 1 is 1.17 bits per heavy atom. The molecule has 120 valence electrons. The molecule has 0 unspecified atom stereocenters. The number of amidine groups is 1. The van der Waals surface area contributed by atoms with Crippen molar-refractivity contribution in [2.45, 2.75) is 12.8 Å². The van der Waals surface area contributed by atoms with Gasteiger partial charge in [0.05, 0.1) is 12.7 Å². The Labute approximate surface area is 134 Å². The minimum atomic E-state index is -0.0641. The molecule has 0 atom stereocenters. The fourth-order valence-electron chi connectivity index (χ4n) is 2.07. The third-order valence-electron chi connectivity index (χ3n) is 3.40. The summed E-state index contributed by atoms with van der Waals surface area (Å²) in [5.74, 6) is 0.889. The number of carbonyl (C=O) groups excluding carboxylic acids is 1. The maximum Gasteiger partial charge on any atom is 0.311 e. The Balaban J connectivity index is 1.86. The van der Waals surface area contributed by atoms with E-state index in [-0.39, 0.29) is 11.7 Å². The molecule has 6 heteroatoms. The van der Waals surface area contributed by atoms with Gasteiger partial charge in [-0.15, -0.1) is 0 Å². The maximum atomic E-state index is 12.0. The molecular formula is C17H20N3O3+. The molecule has 0 aliphatic heterocycles. The molecule has 5 N–H and O–H groups in total. The van der Waals surface area contributed by atoms with E-state index in [2.05, 4.69) is 5.32 Å². The second kappa shape index (κ2) is 7.84. The van der Waals surface area contributed by atoms with Crippen LogP contribution in [-0.4, -0.2) is 24.1 Å². The molecule has 0 bridgehead atoms. The molecule has 0 heterocycles. The summed E-state index contributed by atoms with van der Waals surface area (Å²) in [7, 11) is 1.62. The van der Waals surface area contributed by atoms with Gasteiger partial charge in [-0.05, 0) is 48.4 Å². The highest BCUT2D eigenvalue weighted by Crippen LogP contribution is 2.13. The Morgan fingerprint density at radius 3 is 2.39 bits per heavy atom. The summed E-state index contributed by atoms with van der Waals surface area (Å²) in [5, 5.41) is 13.4. The Kier molecular flexibility index (Phi) is 5.57. The van der Waals surface area contributed by atoms with E-state index >= 15 is 0 Å². The largest absolute Gasteiger partial charge is 0.497 e. The zero-order valence-electron chi connectivity index (χ0n) is 12.9. The van der Waals surface area contributed by atoms with Gasteiger partial charge in [-0.25, -0.2) is 0 Å². The Bertz CT molecular complexity index is 679. The first-order valence-electron chi connectivity index (χ1n) is 7.18. The average molecular weight is 314 g/mol. The van der Waals surface area contributed by atoms with E-state index in [1.807, 2.05) is 29.4 Å². The average Bonchev–Trinajstić information content (AvgIpc) is 2.60. The molecule has 6 nitrogen and oxygen atoms in total. The van der Waals surface area contributed by atoms with Gasteiger partial charge in [0.15, 0.2) is 0 Å². The van der Waals surface area contributed by atoms with Crippen molar-refractivity contribution in [3.05, 3.63) is 59.7 Å². The van der Waals surface area contributed by atoms with Gasteiger partial charge < -0.3 is 15.3 Å². The fraction of sp³-hybridized carbons (Fsp3) is 0.176. The maximum absolute atomic E-state index is 12.0. The zero-order chi connectivity index (χ0) is 16.7. The van der Waals surface area contributed by atoms with Crippen molar-refractivity contribution < 1.29 is 19.9 Å². The molecule has 2 aromatic carbocycles. The number of aryl methyl sites for hydroxylation is 1. The summed E-state index contributed by atoms with van der Waals surface area (Å²) < 4.78 is 5.10. The Hall–Kier alpha value is -3.02. The number of methoxy groups -OCH3 is 1. The third-order valence-corrected chi connectivity index (χ3v) is 3.40. The van der Waals surface area contributed by atoms with Crippen molar-refractivity contribution in [2.24, 2.45) is 5.73 Å². The first-order valence-corrected chi connectivity index (χ1v) is 7.18. The van der Waals surface area contributed by atoms with Gasteiger partial charge in [-0.3, -0.25) is 10.5 Å². The molecule has 1 amide bonds. The van der Waals surface area contributed by atoms with Crippen LogP contribution in [0.3, 0.4) is 0 Å². The fourth-order valence-corrected chi connectivity index (χ4v) is 2.07. The van der Waals surface area contributed by atoms with Crippen LogP contribution in [0, 0.1) is 0 Å². The molecule has 2 rings (SSSR count). The molecule has 2 aromatic rings. The number of nitrogens with one attached hydrogen (secondary N) is 2. The highest BCUT2D eigenvalue weighted by atomic mass is 16.5. The number of nitrogen functional groups attached to an aromatic ring is 1. The molecule has 0 aliphatic rings. The van der Waals surface area contributed by atoms with E-state index in [9.17, 15) is 4.79 Å². The summed E-state index contributed by atoms with van der Waals surface area (Å²) in [5.41, 5.74) is 7.94. The summed E-state index contributed by atoms with van der Waals surface area (Å²) >= 11 is 0. The van der Waals surface area contributed by atoms with Crippen molar-refractivity contribution in [3.63, 3.8) is 0 Å². The number of amides is 1. The number of ether oxygens (including phenoxy) is 1. The van der Waals surface area contributed by atoms with Crippen LogP contribution in [0.4, 0.5) is 5.69 Å². The van der Waals surface area contributed by atoms with Gasteiger partial charge in [0.25, 0.3) is 0 Å².